The Morgan fingerprint density at radius 3 is 2.75 bits per heavy atom. The van der Waals surface area contributed by atoms with E-state index in [-0.39, 0.29) is 5.43 Å². The van der Waals surface area contributed by atoms with Gasteiger partial charge < -0.3 is 18.6 Å². The molecule has 6 heteroatoms. The maximum absolute atomic E-state index is 13.4. The van der Waals surface area contributed by atoms with E-state index in [4.69, 9.17) is 18.6 Å². The first-order valence-electron chi connectivity index (χ1n) is 9.20. The highest BCUT2D eigenvalue weighted by atomic mass is 16.5. The minimum atomic E-state index is -0.0694. The zero-order chi connectivity index (χ0) is 19.7. The number of benzene rings is 2. The molecule has 2 aromatic carbocycles. The molecule has 0 amide bonds. The molecule has 2 heterocycles. The fourth-order valence-corrected chi connectivity index (χ4v) is 3.65. The van der Waals surface area contributed by atoms with Crippen LogP contribution in [0.3, 0.4) is 0 Å². The van der Waals surface area contributed by atoms with Gasteiger partial charge in [0.2, 0.25) is 5.43 Å². The van der Waals surface area contributed by atoms with E-state index in [2.05, 4.69) is 4.90 Å². The average molecular weight is 381 g/mol. The molecule has 0 fully saturated rings. The van der Waals surface area contributed by atoms with E-state index in [1.807, 2.05) is 37.3 Å². The van der Waals surface area contributed by atoms with Crippen LogP contribution < -0.4 is 14.9 Å². The molecule has 0 spiro atoms. The lowest BCUT2D eigenvalue weighted by Gasteiger charge is -2.29. The van der Waals surface area contributed by atoms with E-state index in [0.29, 0.717) is 47.9 Å². The van der Waals surface area contributed by atoms with Crippen LogP contribution in [0.2, 0.25) is 0 Å². The number of ether oxygens (including phenoxy) is 3. The van der Waals surface area contributed by atoms with Crippen molar-refractivity contribution < 1.29 is 18.6 Å². The Labute approximate surface area is 163 Å². The first kappa shape index (κ1) is 18.5. The molecule has 0 N–H and O–H groups in total. The molecule has 1 aliphatic heterocycles. The number of rotatable bonds is 5. The van der Waals surface area contributed by atoms with Crippen LogP contribution in [0, 0.1) is 6.92 Å². The van der Waals surface area contributed by atoms with Gasteiger partial charge in [-0.3, -0.25) is 9.69 Å². The molecule has 1 aliphatic rings. The summed E-state index contributed by atoms with van der Waals surface area (Å²) in [6.45, 7) is 4.31. The van der Waals surface area contributed by atoms with Crippen molar-refractivity contribution in [2.45, 2.75) is 13.5 Å². The monoisotopic (exact) mass is 381 g/mol. The third kappa shape index (κ3) is 3.15. The summed E-state index contributed by atoms with van der Waals surface area (Å²) in [6.07, 6.45) is 0. The van der Waals surface area contributed by atoms with Crippen LogP contribution in [0.15, 0.2) is 45.6 Å². The van der Waals surface area contributed by atoms with Crippen LogP contribution >= 0.6 is 0 Å². The molecule has 3 aromatic rings. The van der Waals surface area contributed by atoms with E-state index in [1.54, 1.807) is 20.3 Å². The second-order valence-electron chi connectivity index (χ2n) is 6.80. The first-order chi connectivity index (χ1) is 13.6. The molecule has 6 nitrogen and oxygen atoms in total. The maximum atomic E-state index is 13.4. The second kappa shape index (κ2) is 7.66. The van der Waals surface area contributed by atoms with Crippen molar-refractivity contribution in [3.63, 3.8) is 0 Å². The molecule has 0 unspecified atom stereocenters. The first-order valence-corrected chi connectivity index (χ1v) is 9.20. The van der Waals surface area contributed by atoms with E-state index in [9.17, 15) is 4.79 Å². The van der Waals surface area contributed by atoms with Gasteiger partial charge in [-0.2, -0.15) is 0 Å². The van der Waals surface area contributed by atoms with E-state index in [1.165, 1.54) is 0 Å². The van der Waals surface area contributed by atoms with E-state index >= 15 is 0 Å². The molecule has 0 saturated carbocycles. The molecular formula is C22H23NO5. The van der Waals surface area contributed by atoms with Crippen LogP contribution in [-0.2, 0) is 11.3 Å². The van der Waals surface area contributed by atoms with Crippen LogP contribution in [0.25, 0.3) is 22.1 Å². The molecule has 0 saturated heterocycles. The van der Waals surface area contributed by atoms with Crippen molar-refractivity contribution in [2.24, 2.45) is 0 Å². The lowest BCUT2D eigenvalue weighted by atomic mass is 10.00. The van der Waals surface area contributed by atoms with Crippen molar-refractivity contribution in [3.8, 4) is 22.6 Å². The van der Waals surface area contributed by atoms with Gasteiger partial charge in [0.05, 0.1) is 30.2 Å². The van der Waals surface area contributed by atoms with E-state index in [0.717, 1.165) is 23.4 Å². The molecule has 0 bridgehead atoms. The molecule has 4 rings (SSSR count). The fourth-order valence-electron chi connectivity index (χ4n) is 3.65. The fraction of sp³-hybridized carbons (Fsp3) is 0.318. The lowest BCUT2D eigenvalue weighted by Crippen LogP contribution is -2.34. The van der Waals surface area contributed by atoms with Crippen molar-refractivity contribution >= 4 is 11.0 Å². The Morgan fingerprint density at radius 1 is 1.14 bits per heavy atom. The zero-order valence-electron chi connectivity index (χ0n) is 16.3. The van der Waals surface area contributed by atoms with Crippen molar-refractivity contribution in [1.29, 1.82) is 0 Å². The number of methoxy groups -OCH3 is 2. The minimum Gasteiger partial charge on any atom is -0.496 e. The zero-order valence-corrected chi connectivity index (χ0v) is 16.3. The highest BCUT2D eigenvalue weighted by Gasteiger charge is 2.24. The summed E-state index contributed by atoms with van der Waals surface area (Å²) in [4.78, 5) is 15.5. The Bertz CT molecular complexity index is 1070. The predicted octanol–water partition coefficient (Wildman–Crippen LogP) is 3.58. The van der Waals surface area contributed by atoms with Crippen molar-refractivity contribution in [3.05, 3.63) is 57.9 Å². The summed E-state index contributed by atoms with van der Waals surface area (Å²) >= 11 is 0. The molecule has 28 heavy (non-hydrogen) atoms. The average Bonchev–Trinajstić information content (AvgIpc) is 2.72. The number of hydrogen-bond acceptors (Lipinski definition) is 6. The Hall–Kier alpha value is -2.83. The molecular weight excluding hydrogens is 358 g/mol. The Morgan fingerprint density at radius 2 is 1.96 bits per heavy atom. The quantitative estimate of drug-likeness (QED) is 0.673. The molecule has 0 radical (unpaired) electrons. The van der Waals surface area contributed by atoms with Crippen LogP contribution in [0.5, 0.6) is 11.5 Å². The number of hydrogen-bond donors (Lipinski definition) is 0. The number of para-hydroxylation sites is 1. The third-order valence-corrected chi connectivity index (χ3v) is 5.07. The molecule has 0 atom stereocenters. The van der Waals surface area contributed by atoms with Gasteiger partial charge in [-0.25, -0.2) is 0 Å². The van der Waals surface area contributed by atoms with Crippen molar-refractivity contribution in [2.75, 3.05) is 34.1 Å². The summed E-state index contributed by atoms with van der Waals surface area (Å²) in [5.74, 6) is 1.96. The smallest absolute Gasteiger partial charge is 0.200 e. The van der Waals surface area contributed by atoms with Crippen LogP contribution in [0.1, 0.15) is 11.3 Å². The maximum Gasteiger partial charge on any atom is 0.200 e. The highest BCUT2D eigenvalue weighted by molar-refractivity contribution is 5.87. The summed E-state index contributed by atoms with van der Waals surface area (Å²) in [5.41, 5.74) is 2.67. The minimum absolute atomic E-state index is 0.0694. The summed E-state index contributed by atoms with van der Waals surface area (Å²) in [5, 5.41) is 0.544. The lowest BCUT2D eigenvalue weighted by molar-refractivity contribution is 0.0658. The summed E-state index contributed by atoms with van der Waals surface area (Å²) in [6, 6.07) is 11.1. The predicted molar refractivity (Wildman–Crippen MR) is 107 cm³/mol. The number of fused-ring (bicyclic) bond motifs is 3. The Balaban J connectivity index is 1.87. The van der Waals surface area contributed by atoms with Gasteiger partial charge in [-0.1, -0.05) is 18.2 Å². The Kier molecular flexibility index (Phi) is 5.07. The number of nitrogens with zero attached hydrogens (tertiary/aromatic N) is 1. The highest BCUT2D eigenvalue weighted by Crippen LogP contribution is 2.35. The molecule has 1 aromatic heterocycles. The van der Waals surface area contributed by atoms with Gasteiger partial charge >= 0.3 is 0 Å². The van der Waals surface area contributed by atoms with Gasteiger partial charge in [-0.15, -0.1) is 0 Å². The van der Waals surface area contributed by atoms with Gasteiger partial charge in [-0.05, 0) is 25.1 Å². The third-order valence-electron chi connectivity index (χ3n) is 5.07. The van der Waals surface area contributed by atoms with Crippen LogP contribution in [-0.4, -0.2) is 39.0 Å². The molecule has 0 aliphatic carbocycles. The largest absolute Gasteiger partial charge is 0.496 e. The van der Waals surface area contributed by atoms with E-state index < -0.39 is 0 Å². The SMILES string of the molecule is COCCN1COc2ccc3c(=O)c(-c4ccccc4OC)c(C)oc3c2C1. The van der Waals surface area contributed by atoms with Crippen molar-refractivity contribution in [1.82, 2.24) is 4.90 Å². The standard InChI is InChI=1S/C22H23NO5/c1-14-20(15-6-4-5-7-18(15)26-3)21(24)16-8-9-19-17(22(16)28-14)12-23(13-27-19)10-11-25-2/h4-9H,10-13H2,1-3H3. The summed E-state index contributed by atoms with van der Waals surface area (Å²) < 4.78 is 22.7. The topological polar surface area (TPSA) is 61.1 Å². The van der Waals surface area contributed by atoms with Crippen LogP contribution in [0.4, 0.5) is 0 Å². The van der Waals surface area contributed by atoms with Gasteiger partial charge in [0.25, 0.3) is 0 Å². The van der Waals surface area contributed by atoms with Gasteiger partial charge in [0.1, 0.15) is 29.6 Å². The number of aryl methyl sites for hydroxylation is 1. The molecule has 146 valence electrons. The van der Waals surface area contributed by atoms with Gasteiger partial charge in [0, 0.05) is 25.8 Å². The second-order valence-corrected chi connectivity index (χ2v) is 6.80. The normalized spacial score (nSPS) is 14.0. The van der Waals surface area contributed by atoms with Gasteiger partial charge in [0.15, 0.2) is 0 Å². The summed E-state index contributed by atoms with van der Waals surface area (Å²) in [7, 11) is 3.27.